The van der Waals surface area contributed by atoms with Crippen molar-refractivity contribution in [1.82, 2.24) is 5.01 Å². The van der Waals surface area contributed by atoms with Gasteiger partial charge < -0.3 is 10.7 Å². The van der Waals surface area contributed by atoms with E-state index in [9.17, 15) is 0 Å². The van der Waals surface area contributed by atoms with Gasteiger partial charge in [-0.3, -0.25) is 0 Å². The Morgan fingerprint density at radius 2 is 2.15 bits per heavy atom. The van der Waals surface area contributed by atoms with Gasteiger partial charge in [0.05, 0.1) is 11.2 Å². The predicted octanol–water partition coefficient (Wildman–Crippen LogP) is 1.82. The van der Waals surface area contributed by atoms with Crippen LogP contribution < -0.4 is 5.73 Å². The number of hydrazone groups is 1. The van der Waals surface area contributed by atoms with Gasteiger partial charge in [0.2, 0.25) is 0 Å². The van der Waals surface area contributed by atoms with Crippen LogP contribution in [0.25, 0.3) is 0 Å². The van der Waals surface area contributed by atoms with E-state index in [1.54, 1.807) is 23.4 Å². The van der Waals surface area contributed by atoms with Gasteiger partial charge in [-0.25, -0.2) is 0 Å². The maximum Gasteiger partial charge on any atom is 0.0557 e. The molecule has 0 saturated heterocycles. The zero-order valence-electron chi connectivity index (χ0n) is 7.66. The lowest BCUT2D eigenvalue weighted by Crippen LogP contribution is -2.02. The molecule has 3 nitrogen and oxygen atoms in total. The fourth-order valence-electron chi connectivity index (χ4n) is 0.826. The van der Waals surface area contributed by atoms with Crippen LogP contribution in [0.1, 0.15) is 5.56 Å². The van der Waals surface area contributed by atoms with Crippen molar-refractivity contribution in [1.29, 1.82) is 0 Å². The minimum atomic E-state index is 0.616. The Kier molecular flexibility index (Phi) is 3.14. The Bertz CT molecular complexity index is 321. The van der Waals surface area contributed by atoms with Crippen LogP contribution in [0.3, 0.4) is 0 Å². The molecule has 13 heavy (non-hydrogen) atoms. The molecule has 0 unspecified atom stereocenters. The number of nitrogen functional groups attached to an aromatic ring is 1. The molecule has 0 bridgehead atoms. The first-order chi connectivity index (χ1) is 6.09. The molecule has 0 saturated carbocycles. The molecule has 4 heteroatoms. The van der Waals surface area contributed by atoms with Crippen LogP contribution in [0.4, 0.5) is 5.69 Å². The van der Waals surface area contributed by atoms with Gasteiger partial charge in [0.15, 0.2) is 0 Å². The molecule has 70 valence electrons. The number of nitrogens with zero attached hydrogens (tertiary/aromatic N) is 2. The highest BCUT2D eigenvalue weighted by atomic mass is 35.5. The third-order valence-electron chi connectivity index (χ3n) is 1.45. The van der Waals surface area contributed by atoms with E-state index >= 15 is 0 Å². The van der Waals surface area contributed by atoms with E-state index < -0.39 is 0 Å². The first kappa shape index (κ1) is 9.86. The third-order valence-corrected chi connectivity index (χ3v) is 1.78. The molecule has 0 atom stereocenters. The van der Waals surface area contributed by atoms with Crippen molar-refractivity contribution in [3.8, 4) is 0 Å². The molecule has 0 fully saturated rings. The number of benzene rings is 1. The summed E-state index contributed by atoms with van der Waals surface area (Å²) in [5.41, 5.74) is 7.07. The zero-order chi connectivity index (χ0) is 9.84. The summed E-state index contributed by atoms with van der Waals surface area (Å²) in [6, 6.07) is 5.34. The van der Waals surface area contributed by atoms with Crippen molar-refractivity contribution in [3.63, 3.8) is 0 Å². The molecular formula is C9H12ClN3. The highest BCUT2D eigenvalue weighted by Crippen LogP contribution is 2.17. The molecule has 0 aromatic heterocycles. The molecule has 0 aliphatic carbocycles. The third kappa shape index (κ3) is 2.95. The van der Waals surface area contributed by atoms with Gasteiger partial charge in [-0.15, -0.1) is 0 Å². The van der Waals surface area contributed by atoms with E-state index in [-0.39, 0.29) is 0 Å². The standard InChI is InChI=1S/C9H12ClN3/c1-13(2)12-6-7-3-4-8(11)5-9(7)10/h3-6H,11H2,1-2H3/b12-6+. The molecular weight excluding hydrogens is 186 g/mol. The van der Waals surface area contributed by atoms with E-state index in [0.717, 1.165) is 5.56 Å². The molecule has 0 spiro atoms. The Morgan fingerprint density at radius 3 is 2.69 bits per heavy atom. The lowest BCUT2D eigenvalue weighted by molar-refractivity contribution is 0.440. The van der Waals surface area contributed by atoms with E-state index in [4.69, 9.17) is 17.3 Å². The number of anilines is 1. The zero-order valence-corrected chi connectivity index (χ0v) is 8.42. The van der Waals surface area contributed by atoms with Gasteiger partial charge >= 0.3 is 0 Å². The molecule has 1 aromatic rings. The fraction of sp³-hybridized carbons (Fsp3) is 0.222. The summed E-state index contributed by atoms with van der Waals surface area (Å²) < 4.78 is 0. The van der Waals surface area contributed by atoms with E-state index in [0.29, 0.717) is 10.7 Å². The minimum Gasteiger partial charge on any atom is -0.399 e. The van der Waals surface area contributed by atoms with Crippen LogP contribution >= 0.6 is 11.6 Å². The van der Waals surface area contributed by atoms with Crippen molar-refractivity contribution in [2.24, 2.45) is 5.10 Å². The number of rotatable bonds is 2. The van der Waals surface area contributed by atoms with Crippen molar-refractivity contribution >= 4 is 23.5 Å². The maximum atomic E-state index is 5.92. The van der Waals surface area contributed by atoms with Crippen LogP contribution in [0.15, 0.2) is 23.3 Å². The van der Waals surface area contributed by atoms with Crippen molar-refractivity contribution in [2.45, 2.75) is 0 Å². The first-order valence-electron chi connectivity index (χ1n) is 3.86. The topological polar surface area (TPSA) is 41.6 Å². The molecule has 1 aromatic carbocycles. The van der Waals surface area contributed by atoms with Gasteiger partial charge in [0.1, 0.15) is 0 Å². The van der Waals surface area contributed by atoms with Crippen LogP contribution in [-0.4, -0.2) is 25.3 Å². The Balaban J connectivity index is 2.90. The van der Waals surface area contributed by atoms with Gasteiger partial charge in [-0.05, 0) is 18.2 Å². The second-order valence-electron chi connectivity index (χ2n) is 2.87. The lowest BCUT2D eigenvalue weighted by Gasteiger charge is -2.03. The van der Waals surface area contributed by atoms with Crippen LogP contribution in [-0.2, 0) is 0 Å². The number of hydrogen-bond acceptors (Lipinski definition) is 3. The van der Waals surface area contributed by atoms with Crippen LogP contribution in [0.2, 0.25) is 5.02 Å². The van der Waals surface area contributed by atoms with Crippen molar-refractivity contribution in [2.75, 3.05) is 19.8 Å². The number of nitrogens with two attached hydrogens (primary N) is 1. The smallest absolute Gasteiger partial charge is 0.0557 e. The Morgan fingerprint density at radius 1 is 1.46 bits per heavy atom. The highest BCUT2D eigenvalue weighted by Gasteiger charge is 1.96. The quantitative estimate of drug-likeness (QED) is 0.447. The second-order valence-corrected chi connectivity index (χ2v) is 3.28. The summed E-state index contributed by atoms with van der Waals surface area (Å²) in [5.74, 6) is 0. The molecule has 0 aliphatic rings. The van der Waals surface area contributed by atoms with Gasteiger partial charge in [-0.1, -0.05) is 11.6 Å². The molecule has 0 heterocycles. The SMILES string of the molecule is CN(C)/N=C/c1ccc(N)cc1Cl. The van der Waals surface area contributed by atoms with Gasteiger partial charge in [-0.2, -0.15) is 5.10 Å². The fourth-order valence-corrected chi connectivity index (χ4v) is 1.06. The molecule has 2 N–H and O–H groups in total. The van der Waals surface area contributed by atoms with Crippen LogP contribution in [0, 0.1) is 0 Å². The maximum absolute atomic E-state index is 5.92. The Hall–Kier alpha value is -1.22. The summed E-state index contributed by atoms with van der Waals surface area (Å²) in [6.07, 6.45) is 1.70. The van der Waals surface area contributed by atoms with E-state index in [1.165, 1.54) is 0 Å². The normalized spacial score (nSPS) is 10.7. The molecule has 1 rings (SSSR count). The summed E-state index contributed by atoms with van der Waals surface area (Å²) in [5, 5.41) is 6.39. The highest BCUT2D eigenvalue weighted by molar-refractivity contribution is 6.33. The number of hydrogen-bond donors (Lipinski definition) is 1. The number of halogens is 1. The molecule has 0 radical (unpaired) electrons. The summed E-state index contributed by atoms with van der Waals surface area (Å²) in [6.45, 7) is 0. The van der Waals surface area contributed by atoms with Gasteiger partial charge in [0.25, 0.3) is 0 Å². The van der Waals surface area contributed by atoms with E-state index in [2.05, 4.69) is 5.10 Å². The first-order valence-corrected chi connectivity index (χ1v) is 4.23. The summed E-state index contributed by atoms with van der Waals surface area (Å²) in [4.78, 5) is 0. The largest absolute Gasteiger partial charge is 0.399 e. The minimum absolute atomic E-state index is 0.616. The van der Waals surface area contributed by atoms with Gasteiger partial charge in [0, 0.05) is 25.3 Å². The summed E-state index contributed by atoms with van der Waals surface area (Å²) in [7, 11) is 3.70. The Labute approximate surface area is 82.8 Å². The summed E-state index contributed by atoms with van der Waals surface area (Å²) >= 11 is 5.92. The van der Waals surface area contributed by atoms with E-state index in [1.807, 2.05) is 20.2 Å². The van der Waals surface area contributed by atoms with Crippen molar-refractivity contribution < 1.29 is 0 Å². The van der Waals surface area contributed by atoms with Crippen molar-refractivity contribution in [3.05, 3.63) is 28.8 Å². The second kappa shape index (κ2) is 4.14. The monoisotopic (exact) mass is 197 g/mol. The molecule has 0 amide bonds. The average molecular weight is 198 g/mol. The molecule has 0 aliphatic heterocycles. The van der Waals surface area contributed by atoms with Crippen LogP contribution in [0.5, 0.6) is 0 Å². The average Bonchev–Trinajstić information content (AvgIpc) is 2.02. The predicted molar refractivity (Wildman–Crippen MR) is 57.1 cm³/mol. The lowest BCUT2D eigenvalue weighted by atomic mass is 10.2.